The lowest BCUT2D eigenvalue weighted by Gasteiger charge is -2.39. The molecule has 3 aliphatic rings. The molecule has 25 heavy (non-hydrogen) atoms. The molecule has 1 aromatic heterocycles. The Morgan fingerprint density at radius 1 is 1.20 bits per heavy atom. The van der Waals surface area contributed by atoms with Crippen LogP contribution < -0.4 is 0 Å². The van der Waals surface area contributed by atoms with Gasteiger partial charge in [-0.15, -0.1) is 11.3 Å². The second-order valence-electron chi connectivity index (χ2n) is 7.30. The summed E-state index contributed by atoms with van der Waals surface area (Å²) in [6.45, 7) is 8.05. The first-order valence-corrected chi connectivity index (χ1v) is 10.2. The number of thiazole rings is 1. The molecule has 1 amide bonds. The molecule has 138 valence electrons. The monoisotopic (exact) mass is 365 g/mol. The van der Waals surface area contributed by atoms with E-state index in [-0.39, 0.29) is 12.0 Å². The van der Waals surface area contributed by atoms with Gasteiger partial charge >= 0.3 is 0 Å². The summed E-state index contributed by atoms with van der Waals surface area (Å²) in [7, 11) is 0. The van der Waals surface area contributed by atoms with Gasteiger partial charge in [0.15, 0.2) is 0 Å². The Morgan fingerprint density at radius 2 is 2.04 bits per heavy atom. The number of carbonyl (C=O) groups excluding carboxylic acids is 1. The van der Waals surface area contributed by atoms with Crippen molar-refractivity contribution in [2.24, 2.45) is 5.92 Å². The van der Waals surface area contributed by atoms with Gasteiger partial charge in [-0.05, 0) is 26.2 Å². The zero-order chi connectivity index (χ0) is 17.2. The van der Waals surface area contributed by atoms with Crippen LogP contribution in [-0.2, 0) is 9.47 Å². The average molecular weight is 365 g/mol. The molecule has 0 bridgehead atoms. The molecule has 0 spiro atoms. The minimum Gasteiger partial charge on any atom is -0.381 e. The molecule has 0 aromatic carbocycles. The van der Waals surface area contributed by atoms with E-state index < -0.39 is 0 Å². The van der Waals surface area contributed by atoms with Gasteiger partial charge in [-0.2, -0.15) is 0 Å². The lowest BCUT2D eigenvalue weighted by molar-refractivity contribution is -0.0175. The predicted octanol–water partition coefficient (Wildman–Crippen LogP) is 1.79. The number of hydrogen-bond donors (Lipinski definition) is 0. The average Bonchev–Trinajstić information content (AvgIpc) is 2.96. The van der Waals surface area contributed by atoms with Gasteiger partial charge in [-0.25, -0.2) is 4.98 Å². The van der Waals surface area contributed by atoms with Crippen LogP contribution in [0.1, 0.15) is 34.8 Å². The van der Waals surface area contributed by atoms with Crippen molar-refractivity contribution in [3.63, 3.8) is 0 Å². The number of fused-ring (bicyclic) bond motifs is 1. The first-order valence-electron chi connectivity index (χ1n) is 9.35. The second-order valence-corrected chi connectivity index (χ2v) is 8.36. The molecule has 0 aliphatic carbocycles. The fourth-order valence-corrected chi connectivity index (χ4v) is 4.85. The predicted molar refractivity (Wildman–Crippen MR) is 96.0 cm³/mol. The maximum atomic E-state index is 12.7. The van der Waals surface area contributed by atoms with Crippen molar-refractivity contribution in [1.82, 2.24) is 14.8 Å². The SMILES string of the molecule is Cc1nc(C(=O)N2CCC3CN(C4CCOCC4)CCOC3C2)cs1. The number of likely N-dealkylation sites (tertiary alicyclic amines) is 1. The maximum absolute atomic E-state index is 12.7. The summed E-state index contributed by atoms with van der Waals surface area (Å²) >= 11 is 1.53. The lowest BCUT2D eigenvalue weighted by Crippen LogP contribution is -2.50. The topological polar surface area (TPSA) is 54.9 Å². The summed E-state index contributed by atoms with van der Waals surface area (Å²) in [5.74, 6) is 0.573. The van der Waals surface area contributed by atoms with Crippen LogP contribution in [0.25, 0.3) is 0 Å². The lowest BCUT2D eigenvalue weighted by atomic mass is 9.92. The number of rotatable bonds is 2. The van der Waals surface area contributed by atoms with Crippen molar-refractivity contribution in [1.29, 1.82) is 0 Å². The van der Waals surface area contributed by atoms with E-state index in [0.717, 1.165) is 63.7 Å². The Hall–Kier alpha value is -1.02. The van der Waals surface area contributed by atoms with Crippen molar-refractivity contribution in [2.45, 2.75) is 38.3 Å². The number of ether oxygens (including phenoxy) is 2. The van der Waals surface area contributed by atoms with E-state index >= 15 is 0 Å². The van der Waals surface area contributed by atoms with E-state index in [4.69, 9.17) is 9.47 Å². The minimum absolute atomic E-state index is 0.0527. The summed E-state index contributed by atoms with van der Waals surface area (Å²) in [5, 5.41) is 2.81. The Kier molecular flexibility index (Phi) is 5.36. The summed E-state index contributed by atoms with van der Waals surface area (Å²) < 4.78 is 11.7. The van der Waals surface area contributed by atoms with Gasteiger partial charge in [0.05, 0.1) is 17.7 Å². The standard InChI is InChI=1S/C18H27N3O3S/c1-13-19-16(12-25-13)18(22)21-5-2-14-10-20(6-9-24-17(14)11-21)15-3-7-23-8-4-15/h12,14-15,17H,2-11H2,1H3. The van der Waals surface area contributed by atoms with Gasteiger partial charge in [0.2, 0.25) is 0 Å². The Morgan fingerprint density at radius 3 is 2.80 bits per heavy atom. The highest BCUT2D eigenvalue weighted by Gasteiger charge is 2.37. The van der Waals surface area contributed by atoms with E-state index in [0.29, 0.717) is 24.2 Å². The first-order chi connectivity index (χ1) is 12.2. The van der Waals surface area contributed by atoms with Crippen LogP contribution in [0.15, 0.2) is 5.38 Å². The van der Waals surface area contributed by atoms with Crippen molar-refractivity contribution in [3.05, 3.63) is 16.1 Å². The van der Waals surface area contributed by atoms with Crippen LogP contribution in [-0.4, -0.2) is 78.8 Å². The van der Waals surface area contributed by atoms with Gasteiger partial charge in [0.25, 0.3) is 5.91 Å². The van der Waals surface area contributed by atoms with Gasteiger partial charge in [-0.3, -0.25) is 9.69 Å². The number of carbonyl (C=O) groups is 1. The first kappa shape index (κ1) is 17.4. The number of aromatic nitrogens is 1. The molecule has 3 saturated heterocycles. The molecular formula is C18H27N3O3S. The number of nitrogens with zero attached hydrogens (tertiary/aromatic N) is 3. The molecule has 4 heterocycles. The molecule has 1 aromatic rings. The maximum Gasteiger partial charge on any atom is 0.273 e. The summed E-state index contributed by atoms with van der Waals surface area (Å²) in [6, 6.07) is 0.633. The number of amides is 1. The van der Waals surface area contributed by atoms with Crippen LogP contribution in [0, 0.1) is 12.8 Å². The molecule has 4 rings (SSSR count). The molecular weight excluding hydrogens is 338 g/mol. The Balaban J connectivity index is 1.38. The van der Waals surface area contributed by atoms with Crippen molar-refractivity contribution < 1.29 is 14.3 Å². The number of piperidine rings is 1. The van der Waals surface area contributed by atoms with Gasteiger partial charge in [-0.1, -0.05) is 0 Å². The van der Waals surface area contributed by atoms with E-state index in [1.54, 1.807) is 0 Å². The summed E-state index contributed by atoms with van der Waals surface area (Å²) in [4.78, 5) is 21.6. The van der Waals surface area contributed by atoms with E-state index in [2.05, 4.69) is 9.88 Å². The van der Waals surface area contributed by atoms with Crippen molar-refractivity contribution in [3.8, 4) is 0 Å². The zero-order valence-electron chi connectivity index (χ0n) is 14.9. The van der Waals surface area contributed by atoms with Crippen LogP contribution in [0.5, 0.6) is 0 Å². The van der Waals surface area contributed by atoms with E-state index in [9.17, 15) is 4.79 Å². The van der Waals surface area contributed by atoms with E-state index in [1.807, 2.05) is 17.2 Å². The molecule has 3 aliphatic heterocycles. The molecule has 0 radical (unpaired) electrons. The normalized spacial score (nSPS) is 29.2. The van der Waals surface area contributed by atoms with Crippen LogP contribution in [0.3, 0.4) is 0 Å². The largest absolute Gasteiger partial charge is 0.381 e. The second kappa shape index (κ2) is 7.70. The Labute approximate surface area is 153 Å². The van der Waals surface area contributed by atoms with Crippen LogP contribution in [0.4, 0.5) is 0 Å². The van der Waals surface area contributed by atoms with Crippen LogP contribution in [0.2, 0.25) is 0 Å². The highest BCUT2D eigenvalue weighted by molar-refractivity contribution is 7.09. The van der Waals surface area contributed by atoms with Crippen molar-refractivity contribution >= 4 is 17.2 Å². The van der Waals surface area contributed by atoms with Crippen LogP contribution >= 0.6 is 11.3 Å². The fourth-order valence-electron chi connectivity index (χ4n) is 4.27. The molecule has 7 heteroatoms. The van der Waals surface area contributed by atoms with Crippen molar-refractivity contribution in [2.75, 3.05) is 46.0 Å². The third-order valence-corrected chi connectivity index (χ3v) is 6.48. The zero-order valence-corrected chi connectivity index (χ0v) is 15.7. The highest BCUT2D eigenvalue weighted by atomic mass is 32.1. The minimum atomic E-state index is 0.0527. The molecule has 2 unspecified atom stereocenters. The van der Waals surface area contributed by atoms with Gasteiger partial charge in [0.1, 0.15) is 5.69 Å². The number of aryl methyl sites for hydroxylation is 1. The van der Waals surface area contributed by atoms with Gasteiger partial charge in [0, 0.05) is 56.7 Å². The Bertz CT molecular complexity index is 602. The van der Waals surface area contributed by atoms with Gasteiger partial charge < -0.3 is 14.4 Å². The number of hydrogen-bond acceptors (Lipinski definition) is 6. The molecule has 6 nitrogen and oxygen atoms in total. The molecule has 2 atom stereocenters. The highest BCUT2D eigenvalue weighted by Crippen LogP contribution is 2.27. The summed E-state index contributed by atoms with van der Waals surface area (Å²) in [5.41, 5.74) is 0.582. The van der Waals surface area contributed by atoms with E-state index in [1.165, 1.54) is 11.3 Å². The fraction of sp³-hybridized carbons (Fsp3) is 0.778. The molecule has 0 saturated carbocycles. The molecule has 3 fully saturated rings. The quantitative estimate of drug-likeness (QED) is 0.800. The third-order valence-electron chi connectivity index (χ3n) is 5.71. The summed E-state index contributed by atoms with van der Waals surface area (Å²) in [6.07, 6.45) is 3.43. The molecule has 0 N–H and O–H groups in total. The smallest absolute Gasteiger partial charge is 0.273 e. The third kappa shape index (κ3) is 3.89.